The molecule has 32 heavy (non-hydrogen) atoms. The van der Waals surface area contributed by atoms with E-state index >= 15 is 0 Å². The minimum atomic E-state index is -0.976. The molecule has 0 aliphatic heterocycles. The zero-order valence-electron chi connectivity index (χ0n) is 17.6. The number of nitrogens with one attached hydrogen (secondary N) is 1. The summed E-state index contributed by atoms with van der Waals surface area (Å²) in [7, 11) is 0. The molecular weight excluding hydrogens is 474 g/mol. The van der Waals surface area contributed by atoms with Crippen LogP contribution in [0.4, 0.5) is 0 Å². The number of carbonyl (C=O) groups excluding carboxylic acids is 1. The van der Waals surface area contributed by atoms with Crippen molar-refractivity contribution in [2.24, 2.45) is 5.10 Å². The molecule has 0 aliphatic rings. The van der Waals surface area contributed by atoms with Gasteiger partial charge in [0.05, 0.1) is 11.8 Å². The fourth-order valence-corrected chi connectivity index (χ4v) is 3.99. The second-order valence-corrected chi connectivity index (χ2v) is 8.38. The zero-order valence-corrected chi connectivity index (χ0v) is 19.2. The molecule has 8 heteroatoms. The molecule has 2 aromatic heterocycles. The van der Waals surface area contributed by atoms with Gasteiger partial charge >= 0.3 is 11.9 Å². The van der Waals surface area contributed by atoms with E-state index in [2.05, 4.69) is 26.5 Å². The summed E-state index contributed by atoms with van der Waals surface area (Å²) in [6.45, 7) is 5.78. The van der Waals surface area contributed by atoms with Gasteiger partial charge in [-0.25, -0.2) is 10.2 Å². The predicted molar refractivity (Wildman–Crippen MR) is 126 cm³/mol. The number of fused-ring (bicyclic) bond motifs is 1. The van der Waals surface area contributed by atoms with E-state index in [1.54, 1.807) is 36.5 Å². The molecule has 0 spiro atoms. The summed E-state index contributed by atoms with van der Waals surface area (Å²) >= 11 is 3.40. The predicted octanol–water partition coefficient (Wildman–Crippen LogP) is 5.37. The number of carboxylic acids is 1. The molecule has 162 valence electrons. The van der Waals surface area contributed by atoms with Crippen molar-refractivity contribution in [2.75, 3.05) is 0 Å². The number of carboxylic acid groups (broad SMARTS) is 1. The number of hydrazone groups is 1. The van der Waals surface area contributed by atoms with Crippen LogP contribution in [0.15, 0.2) is 62.5 Å². The Hall–Kier alpha value is -3.65. The maximum atomic E-state index is 12.4. The Morgan fingerprint density at radius 2 is 1.88 bits per heavy atom. The molecule has 0 saturated heterocycles. The van der Waals surface area contributed by atoms with E-state index in [9.17, 15) is 14.7 Å². The summed E-state index contributed by atoms with van der Waals surface area (Å²) in [6.07, 6.45) is 1.56. The largest absolute Gasteiger partial charge is 0.478 e. The van der Waals surface area contributed by atoms with Crippen molar-refractivity contribution < 1.29 is 19.1 Å². The third kappa shape index (κ3) is 4.09. The van der Waals surface area contributed by atoms with E-state index in [0.29, 0.717) is 5.58 Å². The number of rotatable bonds is 5. The molecule has 2 heterocycles. The highest BCUT2D eigenvalue weighted by Crippen LogP contribution is 2.25. The maximum absolute atomic E-state index is 12.4. The fraction of sp³-hybridized carbons (Fsp3) is 0.125. The van der Waals surface area contributed by atoms with Crippen molar-refractivity contribution in [3.05, 3.63) is 86.8 Å². The average Bonchev–Trinajstić information content (AvgIpc) is 3.28. The monoisotopic (exact) mass is 493 g/mol. The third-order valence-electron chi connectivity index (χ3n) is 5.24. The van der Waals surface area contributed by atoms with Crippen LogP contribution in [0.5, 0.6) is 0 Å². The van der Waals surface area contributed by atoms with Crippen LogP contribution >= 0.6 is 15.9 Å². The summed E-state index contributed by atoms with van der Waals surface area (Å²) in [5.41, 5.74) is 7.66. The second kappa shape index (κ2) is 8.47. The van der Waals surface area contributed by atoms with Crippen LogP contribution in [0, 0.1) is 20.8 Å². The van der Waals surface area contributed by atoms with E-state index < -0.39 is 11.9 Å². The van der Waals surface area contributed by atoms with Crippen LogP contribution in [0.1, 0.15) is 43.4 Å². The van der Waals surface area contributed by atoms with Crippen molar-refractivity contribution in [3.8, 4) is 5.69 Å². The third-order valence-corrected chi connectivity index (χ3v) is 5.73. The molecule has 2 aromatic carbocycles. The summed E-state index contributed by atoms with van der Waals surface area (Å²) in [4.78, 5) is 23.8. The summed E-state index contributed by atoms with van der Waals surface area (Å²) in [5, 5.41) is 14.2. The van der Waals surface area contributed by atoms with Gasteiger partial charge in [-0.05, 0) is 68.8 Å². The number of carbonyl (C=O) groups is 2. The molecule has 4 aromatic rings. The first-order chi connectivity index (χ1) is 15.2. The number of furan rings is 1. The first-order valence-electron chi connectivity index (χ1n) is 9.80. The molecule has 0 fully saturated rings. The lowest BCUT2D eigenvalue weighted by molar-refractivity contribution is 0.0696. The van der Waals surface area contributed by atoms with Crippen LogP contribution in [-0.2, 0) is 0 Å². The standard InChI is InChI=1S/C24H20BrN3O4/c1-13-4-5-16(24(30)31)10-20(13)28-14(2)8-18(15(28)3)12-26-27-23(29)22-11-17-9-19(25)6-7-21(17)32-22/h4-12H,1-3H3,(H,27,29)(H,30,31)/b26-12+. The van der Waals surface area contributed by atoms with E-state index in [1.165, 1.54) is 0 Å². The zero-order chi connectivity index (χ0) is 23.0. The van der Waals surface area contributed by atoms with Crippen LogP contribution in [-0.4, -0.2) is 27.8 Å². The molecule has 7 nitrogen and oxygen atoms in total. The Kier molecular flexibility index (Phi) is 5.71. The van der Waals surface area contributed by atoms with Gasteiger partial charge in [-0.15, -0.1) is 0 Å². The number of halogens is 1. The van der Waals surface area contributed by atoms with Crippen molar-refractivity contribution in [2.45, 2.75) is 20.8 Å². The molecule has 0 saturated carbocycles. The smallest absolute Gasteiger partial charge is 0.335 e. The number of hydrogen-bond acceptors (Lipinski definition) is 4. The number of hydrogen-bond donors (Lipinski definition) is 2. The molecule has 0 bridgehead atoms. The molecule has 0 unspecified atom stereocenters. The molecule has 4 rings (SSSR count). The first-order valence-corrected chi connectivity index (χ1v) is 10.6. The van der Waals surface area contributed by atoms with Gasteiger partial charge in [0.1, 0.15) is 5.58 Å². The Labute approximate surface area is 192 Å². The second-order valence-electron chi connectivity index (χ2n) is 7.46. The van der Waals surface area contributed by atoms with Gasteiger partial charge in [-0.1, -0.05) is 22.0 Å². The van der Waals surface area contributed by atoms with Crippen molar-refractivity contribution >= 4 is 45.0 Å². The van der Waals surface area contributed by atoms with Crippen molar-refractivity contribution in [1.29, 1.82) is 0 Å². The van der Waals surface area contributed by atoms with E-state index in [0.717, 1.165) is 38.1 Å². The molecular formula is C24H20BrN3O4. The van der Waals surface area contributed by atoms with E-state index in [4.69, 9.17) is 4.42 Å². The molecule has 0 aliphatic carbocycles. The average molecular weight is 494 g/mol. The van der Waals surface area contributed by atoms with Gasteiger partial charge < -0.3 is 14.1 Å². The molecule has 1 amide bonds. The van der Waals surface area contributed by atoms with Crippen LogP contribution in [0.3, 0.4) is 0 Å². The van der Waals surface area contributed by atoms with Gasteiger partial charge in [-0.2, -0.15) is 5.10 Å². The summed E-state index contributed by atoms with van der Waals surface area (Å²) < 4.78 is 8.45. The highest BCUT2D eigenvalue weighted by Gasteiger charge is 2.15. The first kappa shape index (κ1) is 21.6. The summed E-state index contributed by atoms with van der Waals surface area (Å²) in [6, 6.07) is 14.1. The minimum absolute atomic E-state index is 0.168. The van der Waals surface area contributed by atoms with E-state index in [-0.39, 0.29) is 11.3 Å². The van der Waals surface area contributed by atoms with Gasteiger partial charge in [-0.3, -0.25) is 4.79 Å². The molecule has 0 radical (unpaired) electrons. The normalized spacial score (nSPS) is 11.4. The summed E-state index contributed by atoms with van der Waals surface area (Å²) in [5.74, 6) is -1.26. The van der Waals surface area contributed by atoms with Gasteiger partial charge in [0.25, 0.3) is 0 Å². The fourth-order valence-electron chi connectivity index (χ4n) is 3.61. The molecule has 0 atom stereocenters. The van der Waals surface area contributed by atoms with Crippen molar-refractivity contribution in [1.82, 2.24) is 9.99 Å². The number of amides is 1. The van der Waals surface area contributed by atoms with E-state index in [1.807, 2.05) is 43.5 Å². The highest BCUT2D eigenvalue weighted by atomic mass is 79.9. The van der Waals surface area contributed by atoms with Crippen molar-refractivity contribution in [3.63, 3.8) is 0 Å². The number of nitrogens with zero attached hydrogens (tertiary/aromatic N) is 2. The Balaban J connectivity index is 1.57. The van der Waals surface area contributed by atoms with Gasteiger partial charge in [0.15, 0.2) is 5.76 Å². The Morgan fingerprint density at radius 1 is 1.09 bits per heavy atom. The number of benzene rings is 2. The van der Waals surface area contributed by atoms with Gasteiger partial charge in [0, 0.05) is 32.5 Å². The Bertz CT molecular complexity index is 1400. The lowest BCUT2D eigenvalue weighted by Gasteiger charge is -2.13. The minimum Gasteiger partial charge on any atom is -0.478 e. The number of aromatic nitrogens is 1. The van der Waals surface area contributed by atoms with Gasteiger partial charge in [0.2, 0.25) is 0 Å². The topological polar surface area (TPSA) is 96.8 Å². The SMILES string of the molecule is Cc1ccc(C(=O)O)cc1-n1c(C)cc(/C=N/NC(=O)c2cc3cc(Br)ccc3o2)c1C. The number of aryl methyl sites for hydroxylation is 2. The van der Waals surface area contributed by atoms with Crippen LogP contribution in [0.2, 0.25) is 0 Å². The highest BCUT2D eigenvalue weighted by molar-refractivity contribution is 9.10. The lowest BCUT2D eigenvalue weighted by Crippen LogP contribution is -2.16. The number of aromatic carboxylic acids is 1. The van der Waals surface area contributed by atoms with Crippen LogP contribution < -0.4 is 5.43 Å². The quantitative estimate of drug-likeness (QED) is 0.288. The molecule has 2 N–H and O–H groups in total. The Morgan fingerprint density at radius 3 is 2.62 bits per heavy atom. The maximum Gasteiger partial charge on any atom is 0.335 e. The van der Waals surface area contributed by atoms with Crippen LogP contribution in [0.25, 0.3) is 16.7 Å². The lowest BCUT2D eigenvalue weighted by atomic mass is 10.1.